The minimum Gasteiger partial charge on any atom is -0.508 e. The van der Waals surface area contributed by atoms with E-state index in [0.29, 0.717) is 42.1 Å². The Morgan fingerprint density at radius 2 is 1.08 bits per heavy atom. The van der Waals surface area contributed by atoms with E-state index in [-0.39, 0.29) is 75.7 Å². The first-order valence-corrected chi connectivity index (χ1v) is 34.6. The van der Waals surface area contributed by atoms with Crippen molar-refractivity contribution in [2.24, 2.45) is 0 Å². The number of Topliss-reactive ketones (excluding diaryl/α,β-unsaturated/α-hetero) is 1. The van der Waals surface area contributed by atoms with E-state index < -0.39 is 10.2 Å². The molecule has 6 atom stereocenters. The van der Waals surface area contributed by atoms with Crippen molar-refractivity contribution >= 4 is 12.1 Å². The zero-order chi connectivity index (χ0) is 69.0. The molecule has 536 valence electrons. The number of ether oxygens (including phenoxy) is 6. The molecule has 14 rings (SSSR count). The summed E-state index contributed by atoms with van der Waals surface area (Å²) >= 11 is 0. The van der Waals surface area contributed by atoms with Crippen LogP contribution in [-0.2, 0) is 68.7 Å². The number of phenolic OH excluding ortho intramolecular Hbond substituents is 3. The molecule has 0 spiro atoms. The van der Waals surface area contributed by atoms with Crippen LogP contribution in [0.15, 0.2) is 127 Å². The molecule has 2 aliphatic heterocycles. The fourth-order valence-electron chi connectivity index (χ4n) is 12.8. The largest absolute Gasteiger partial charge is 1.00 e. The van der Waals surface area contributed by atoms with Crippen molar-refractivity contribution in [1.82, 2.24) is 19.9 Å². The molecule has 2 fully saturated rings. The quantitative estimate of drug-likeness (QED) is 0.0315. The molecule has 7 aromatic rings. The van der Waals surface area contributed by atoms with Crippen molar-refractivity contribution in [3.63, 3.8) is 0 Å². The number of aliphatic hydroxyl groups excluding tert-OH is 1. The van der Waals surface area contributed by atoms with E-state index in [0.717, 1.165) is 157 Å². The normalized spacial score (nSPS) is 19.1. The Hall–Kier alpha value is -7.23. The van der Waals surface area contributed by atoms with Gasteiger partial charge in [0.25, 0.3) is 0 Å². The predicted octanol–water partition coefficient (Wildman–Crippen LogP) is 7.49. The third-order valence-electron chi connectivity index (χ3n) is 17.1. The van der Waals surface area contributed by atoms with Gasteiger partial charge in [-0.05, 0) is 259 Å². The Labute approximate surface area is 597 Å². The SMILES string of the molecule is C.C.C=COC1CCc2cc(OC3CCCCO3)ccc21.CC(C)O.CCOCC.O=C1CCc2cc(O)ccc21.O=CCC1CCc2cc(OC3CCCCO3)ccc21.O=c1[nH]cc(CC2CCc3cc(O)ccc32)[nH]1.Oc1ccc2c(c1)CCC2Cc1cnc[nH]1.[Li+].[O-][Cl+3]([O-])([O-])[O-]. The van der Waals surface area contributed by atoms with Crippen LogP contribution in [-0.4, -0.2) is 97.5 Å². The number of carbonyl (C=O) groups is 2. The maximum absolute atomic E-state index is 11.1. The zero-order valence-electron chi connectivity index (χ0n) is 56.5. The Balaban J connectivity index is 0.000000250. The maximum atomic E-state index is 11.1. The second-order valence-corrected chi connectivity index (χ2v) is 25.3. The topological polar surface area (TPSA) is 340 Å². The summed E-state index contributed by atoms with van der Waals surface area (Å²) in [4.78, 5) is 45.4. The van der Waals surface area contributed by atoms with Gasteiger partial charge in [0.15, 0.2) is 18.4 Å². The van der Waals surface area contributed by atoms with Crippen molar-refractivity contribution < 1.29 is 106 Å². The molecule has 2 aromatic heterocycles. The number of carbonyl (C=O) groups excluding carboxylic acids is 2. The number of benzene rings is 5. The number of nitrogens with zero attached hydrogens (tertiary/aromatic N) is 1. The Morgan fingerprint density at radius 1 is 0.616 bits per heavy atom. The fraction of sp³-hybridized carbons (Fsp3) is 0.474. The molecule has 0 amide bonds. The third kappa shape index (κ3) is 28.4. The standard InChI is InChI=1S/2C16H20O3.C13H14N2O2.C13H14N2O.C9H8O2.C4H10O.C3H8O.2CH4.ClHO4.Li/c1-2-17-15-9-6-12-11-13(7-8-14(12)15)19-16-5-3-4-10-18-16;17-9-8-12-4-5-13-11-14(6-7-15(12)13)19-16-3-1-2-10-18-16;16-11-3-4-12-8(1-2-9(12)6-11)5-10-7-14-13(17)15-10;16-12-3-4-13-9(1-2-10(13)6-12)5-11-7-14-8-15-11;10-7-2-3-8-6(5-7)1-4-9(8)11;1-3-5-4-2;1-3(2)4;;;2-1(3,4)5;/h2,7-8,11,15-16H,1,3-6,9-10H2;6-7,9,11-12,16H,1-5,8,10H2;3-4,6-8,16H,1-2,5H2,(H2,14,15,17);3-4,6-9,16H,1-2,5H2,(H,14,15);2-3,5,10H,1,4H2;3-4H2,1-2H3;3-4H,1-2H3;2*1H4;(H,2,3,4,5);/q;;;;;;;;;;+1/p-1. The minimum atomic E-state index is -4.94. The summed E-state index contributed by atoms with van der Waals surface area (Å²) in [7, 11) is -4.94. The molecule has 7 aliphatic rings. The average molecular weight is 1390 g/mol. The minimum absolute atomic E-state index is 0. The number of halogens is 1. The molecule has 21 nitrogen and oxygen atoms in total. The number of aromatic amines is 3. The monoisotopic (exact) mass is 1380 g/mol. The van der Waals surface area contributed by atoms with Gasteiger partial charge >= 0.3 is 24.6 Å². The second-order valence-electron chi connectivity index (χ2n) is 24.5. The van der Waals surface area contributed by atoms with Crippen molar-refractivity contribution in [2.75, 3.05) is 26.4 Å². The van der Waals surface area contributed by atoms with E-state index in [4.69, 9.17) is 57.3 Å². The number of aromatic hydroxyl groups is 3. The molecule has 0 bridgehead atoms. The van der Waals surface area contributed by atoms with Gasteiger partial charge in [-0.1, -0.05) is 45.7 Å². The number of aliphatic hydroxyl groups is 1. The predicted molar refractivity (Wildman–Crippen MR) is 365 cm³/mol. The number of hydrogen-bond acceptors (Lipinski definition) is 18. The molecule has 4 heterocycles. The summed E-state index contributed by atoms with van der Waals surface area (Å²) in [5, 5.41) is 36.0. The van der Waals surface area contributed by atoms with Crippen LogP contribution in [0.3, 0.4) is 0 Å². The summed E-state index contributed by atoms with van der Waals surface area (Å²) in [5.74, 6) is 4.38. The van der Waals surface area contributed by atoms with Crippen LogP contribution in [0.5, 0.6) is 28.7 Å². The van der Waals surface area contributed by atoms with Crippen molar-refractivity contribution in [2.45, 2.75) is 207 Å². The van der Waals surface area contributed by atoms with Crippen molar-refractivity contribution in [1.29, 1.82) is 0 Å². The smallest absolute Gasteiger partial charge is 0.508 e. The van der Waals surface area contributed by atoms with E-state index in [1.807, 2.05) is 50.4 Å². The summed E-state index contributed by atoms with van der Waals surface area (Å²) in [6, 6.07) is 28.7. The molecule has 23 heteroatoms. The van der Waals surface area contributed by atoms with Gasteiger partial charge < -0.3 is 68.6 Å². The Morgan fingerprint density at radius 3 is 1.55 bits per heavy atom. The number of aldehydes is 1. The van der Waals surface area contributed by atoms with Gasteiger partial charge in [-0.15, -0.1) is 10.2 Å². The van der Waals surface area contributed by atoms with Crippen LogP contribution in [0.2, 0.25) is 0 Å². The Kier molecular flexibility index (Phi) is 36.9. The number of rotatable bonds is 14. The second kappa shape index (κ2) is 43.4. The maximum Gasteiger partial charge on any atom is 1.00 e. The molecule has 6 unspecified atom stereocenters. The number of imidazole rings is 2. The number of nitrogens with one attached hydrogen (secondary N) is 3. The molecule has 5 aromatic carbocycles. The first kappa shape index (κ1) is 84.2. The van der Waals surface area contributed by atoms with E-state index in [1.165, 1.54) is 69.3 Å². The van der Waals surface area contributed by atoms with E-state index in [2.05, 4.69) is 56.8 Å². The Bertz CT molecular complexity index is 3470. The van der Waals surface area contributed by atoms with Crippen molar-refractivity contribution in [3.8, 4) is 28.7 Å². The molecular formula is C76H102ClLiN4O17. The fourth-order valence-corrected chi connectivity index (χ4v) is 12.8. The molecule has 0 saturated carbocycles. The van der Waals surface area contributed by atoms with Crippen molar-refractivity contribution in [3.05, 3.63) is 200 Å². The number of phenols is 3. The molecule has 7 N–H and O–H groups in total. The van der Waals surface area contributed by atoms with E-state index >= 15 is 0 Å². The van der Waals surface area contributed by atoms with Crippen LogP contribution < -0.4 is 52.7 Å². The van der Waals surface area contributed by atoms with Crippen LogP contribution in [0.4, 0.5) is 0 Å². The van der Waals surface area contributed by atoms with Gasteiger partial charge in [-0.3, -0.25) is 4.79 Å². The molecule has 0 radical (unpaired) electrons. The zero-order valence-corrected chi connectivity index (χ0v) is 57.2. The first-order valence-electron chi connectivity index (χ1n) is 33.3. The summed E-state index contributed by atoms with van der Waals surface area (Å²) in [5.41, 5.74) is 14.2. The molecule has 99 heavy (non-hydrogen) atoms. The van der Waals surface area contributed by atoms with E-state index in [1.54, 1.807) is 56.7 Å². The van der Waals surface area contributed by atoms with Gasteiger partial charge in [0.05, 0.1) is 25.8 Å². The van der Waals surface area contributed by atoms with Crippen LogP contribution >= 0.6 is 0 Å². The molecule has 5 aliphatic carbocycles. The summed E-state index contributed by atoms with van der Waals surface area (Å²) in [6.07, 6.45) is 26.7. The van der Waals surface area contributed by atoms with Gasteiger partial charge in [-0.2, -0.15) is 0 Å². The number of H-pyrrole nitrogens is 3. The van der Waals surface area contributed by atoms with Gasteiger partial charge in [0.1, 0.15) is 41.1 Å². The number of aryl methyl sites for hydroxylation is 5. The molecule has 2 saturated heterocycles. The summed E-state index contributed by atoms with van der Waals surface area (Å²) < 4.78 is 67.3. The average Bonchev–Trinajstić information content (AvgIpc) is 1.73. The van der Waals surface area contributed by atoms with Gasteiger partial charge in [-0.25, -0.2) is 28.4 Å². The number of ketones is 1. The van der Waals surface area contributed by atoms with Crippen LogP contribution in [0, 0.1) is 10.2 Å². The third-order valence-corrected chi connectivity index (χ3v) is 17.1. The first-order chi connectivity index (χ1) is 46.2. The summed E-state index contributed by atoms with van der Waals surface area (Å²) in [6.45, 7) is 14.4. The molecular weight excluding hydrogens is 1280 g/mol. The number of hydrogen-bond donors (Lipinski definition) is 7. The van der Waals surface area contributed by atoms with Crippen LogP contribution in [0.25, 0.3) is 0 Å². The van der Waals surface area contributed by atoms with Crippen LogP contribution in [0.1, 0.15) is 215 Å². The number of fused-ring (bicyclic) bond motifs is 5. The number of aromatic nitrogens is 4. The van der Waals surface area contributed by atoms with Gasteiger partial charge in [0.2, 0.25) is 0 Å². The van der Waals surface area contributed by atoms with Gasteiger partial charge in [0, 0.05) is 74.3 Å². The van der Waals surface area contributed by atoms with E-state index in [9.17, 15) is 24.6 Å².